The van der Waals surface area contributed by atoms with Crippen LogP contribution in [0.25, 0.3) is 0 Å². The summed E-state index contributed by atoms with van der Waals surface area (Å²) in [5, 5.41) is 0. The maximum absolute atomic E-state index is 10.2. The van der Waals surface area contributed by atoms with E-state index >= 15 is 0 Å². The van der Waals surface area contributed by atoms with Crippen LogP contribution >= 0.6 is 15.2 Å². The van der Waals surface area contributed by atoms with Gasteiger partial charge in [-0.25, -0.2) is 0 Å². The van der Waals surface area contributed by atoms with E-state index in [4.69, 9.17) is 19.6 Å². The van der Waals surface area contributed by atoms with Gasteiger partial charge in [-0.3, -0.25) is 9.13 Å². The van der Waals surface area contributed by atoms with Gasteiger partial charge in [-0.05, 0) is 13.8 Å². The van der Waals surface area contributed by atoms with Gasteiger partial charge in [0.2, 0.25) is 0 Å². The van der Waals surface area contributed by atoms with E-state index in [0.29, 0.717) is 0 Å². The summed E-state index contributed by atoms with van der Waals surface area (Å²) in [5.41, 5.74) is 0. The zero-order chi connectivity index (χ0) is 12.7. The van der Waals surface area contributed by atoms with Crippen LogP contribution in [0.15, 0.2) is 0 Å². The van der Waals surface area contributed by atoms with Crippen molar-refractivity contribution in [3.63, 3.8) is 0 Å². The summed E-state index contributed by atoms with van der Waals surface area (Å²) in [7, 11) is -7.81. The average Bonchev–Trinajstić information content (AvgIpc) is 2.86. The van der Waals surface area contributed by atoms with Crippen LogP contribution in [-0.4, -0.2) is 81.2 Å². The molecule has 0 aromatic heterocycles. The Kier molecular flexibility index (Phi) is 6.83. The molecule has 100 valence electrons. The maximum Gasteiger partial charge on any atom is 2.00 e. The third kappa shape index (κ3) is 6.45. The van der Waals surface area contributed by atoms with Gasteiger partial charge in [-0.1, -0.05) is 0 Å². The topological polar surface area (TPSA) is 140 Å². The maximum atomic E-state index is 10.2. The van der Waals surface area contributed by atoms with Gasteiger partial charge in [0.05, 0.1) is 12.2 Å². The van der Waals surface area contributed by atoms with Crippen LogP contribution in [0.1, 0.15) is 16.7 Å². The molecule has 2 fully saturated rings. The minimum atomic E-state index is -3.90. The Morgan fingerprint density at radius 1 is 0.882 bits per heavy atom. The molecule has 2 saturated heterocycles. The molecule has 11 heteroatoms. The molecule has 0 amide bonds. The predicted molar refractivity (Wildman–Crippen MR) is 60.7 cm³/mol. The fraction of sp³-hybridized carbons (Fsp3) is 1.00. The van der Waals surface area contributed by atoms with Crippen LogP contribution in [0.2, 0.25) is 0 Å². The summed E-state index contributed by atoms with van der Waals surface area (Å²) >= 11 is 0. The Bertz CT molecular complexity index is 325. The van der Waals surface area contributed by atoms with Gasteiger partial charge in [0.15, 0.2) is 11.7 Å². The van der Waals surface area contributed by atoms with Crippen molar-refractivity contribution < 1.29 is 41.0 Å². The Labute approximate surface area is 131 Å². The average molecular weight is 318 g/mol. The number of hydrogen-bond donors (Lipinski definition) is 4. The molecule has 0 aliphatic carbocycles. The Morgan fingerprint density at radius 2 is 1.06 bits per heavy atom. The molecule has 2 heterocycles. The van der Waals surface area contributed by atoms with Gasteiger partial charge in [0, 0.05) is 0 Å². The molecule has 0 unspecified atom stereocenters. The summed E-state index contributed by atoms with van der Waals surface area (Å²) < 4.78 is 29.4. The molecule has 17 heavy (non-hydrogen) atoms. The zero-order valence-electron chi connectivity index (χ0n) is 11.3. The van der Waals surface area contributed by atoms with E-state index in [-0.39, 0.29) is 52.8 Å². The summed E-state index contributed by atoms with van der Waals surface area (Å²) in [6.07, 6.45) is -0.508. The van der Waals surface area contributed by atoms with Crippen molar-refractivity contribution in [1.29, 1.82) is 0 Å². The van der Waals surface area contributed by atoms with Crippen LogP contribution < -0.4 is 0 Å². The Balaban J connectivity index is -0.000000233. The third-order valence-electron chi connectivity index (χ3n) is 2.02. The standard InChI is InChI=1S/2C3H7O4P.Ca.2H/c2*1-2-3(7-2)8(4,5)6;;;/h2*2-3H,1H3,(H2,4,5,6);;;/q;;+2;2*-1/t2*2-,3+;;;/m00.../s1. The Morgan fingerprint density at radius 3 is 1.06 bits per heavy atom. The number of ether oxygens (including phenoxy) is 2. The number of epoxide rings is 2. The second-order valence-electron chi connectivity index (χ2n) is 3.64. The summed E-state index contributed by atoms with van der Waals surface area (Å²) in [6.45, 7) is 3.26. The first-order valence-corrected chi connectivity index (χ1v) is 7.81. The second-order valence-corrected chi connectivity index (χ2v) is 7.02. The molecule has 4 atom stereocenters. The SMILES string of the molecule is C[C@@H]1O[C@@H]1P(=O)(O)O.C[C@@H]1O[C@@H]1P(=O)(O)O.[Ca+2].[H-].[H-]. The van der Waals surface area contributed by atoms with E-state index in [9.17, 15) is 9.13 Å². The molecule has 0 saturated carbocycles. The first-order valence-electron chi connectivity index (χ1n) is 4.45. The smallest absolute Gasteiger partial charge is 1.00 e. The molecule has 4 N–H and O–H groups in total. The van der Waals surface area contributed by atoms with Gasteiger partial charge >= 0.3 is 52.9 Å². The molecule has 0 spiro atoms. The van der Waals surface area contributed by atoms with Gasteiger partial charge in [-0.2, -0.15) is 0 Å². The first-order chi connectivity index (χ1) is 7.03. The third-order valence-corrected chi connectivity index (χ3v) is 4.43. The molecule has 2 rings (SSSR count). The van der Waals surface area contributed by atoms with Gasteiger partial charge in [0.25, 0.3) is 0 Å². The Hall–Kier alpha value is 1.48. The van der Waals surface area contributed by atoms with Crippen molar-refractivity contribution in [3.05, 3.63) is 0 Å². The molecule has 0 aromatic carbocycles. The van der Waals surface area contributed by atoms with E-state index in [2.05, 4.69) is 9.47 Å². The van der Waals surface area contributed by atoms with Crippen molar-refractivity contribution in [1.82, 2.24) is 0 Å². The summed E-state index contributed by atoms with van der Waals surface area (Å²) in [5.74, 6) is -1.63. The van der Waals surface area contributed by atoms with Crippen molar-refractivity contribution in [2.75, 3.05) is 0 Å². The van der Waals surface area contributed by atoms with Crippen molar-refractivity contribution in [2.24, 2.45) is 0 Å². The molecule has 2 aliphatic rings. The van der Waals surface area contributed by atoms with Crippen molar-refractivity contribution in [2.45, 2.75) is 37.7 Å². The molecule has 0 bridgehead atoms. The first kappa shape index (κ1) is 18.5. The van der Waals surface area contributed by atoms with Crippen molar-refractivity contribution >= 4 is 52.9 Å². The molecular formula is C6H16CaO8P2. The van der Waals surface area contributed by atoms with Crippen molar-refractivity contribution in [3.8, 4) is 0 Å². The number of rotatable bonds is 2. The minimum absolute atomic E-state index is 0. The quantitative estimate of drug-likeness (QED) is 0.308. The molecule has 0 aromatic rings. The molecule has 8 nitrogen and oxygen atoms in total. The molecule has 2 aliphatic heterocycles. The van der Waals surface area contributed by atoms with E-state index in [1.807, 2.05) is 0 Å². The predicted octanol–water partition coefficient (Wildman–Crippen LogP) is -0.338. The minimum Gasteiger partial charge on any atom is -1.00 e. The van der Waals surface area contributed by atoms with Gasteiger partial charge < -0.3 is 31.9 Å². The number of hydrogen-bond acceptors (Lipinski definition) is 4. The van der Waals surface area contributed by atoms with Gasteiger partial charge in [-0.15, -0.1) is 0 Å². The van der Waals surface area contributed by atoms with Gasteiger partial charge in [0.1, 0.15) is 0 Å². The fourth-order valence-corrected chi connectivity index (χ4v) is 2.85. The molecular weight excluding hydrogens is 302 g/mol. The van der Waals surface area contributed by atoms with Crippen LogP contribution in [0.4, 0.5) is 0 Å². The summed E-state index contributed by atoms with van der Waals surface area (Å²) in [6, 6.07) is 0. The molecule has 0 radical (unpaired) electrons. The van der Waals surface area contributed by atoms with Crippen LogP contribution in [-0.2, 0) is 18.6 Å². The largest absolute Gasteiger partial charge is 2.00 e. The van der Waals surface area contributed by atoms with Crippen LogP contribution in [0, 0.1) is 0 Å². The van der Waals surface area contributed by atoms with E-state index in [1.54, 1.807) is 13.8 Å². The fourth-order valence-electron chi connectivity index (χ4n) is 1.05. The monoisotopic (exact) mass is 318 g/mol. The van der Waals surface area contributed by atoms with E-state index in [0.717, 1.165) is 0 Å². The zero-order valence-corrected chi connectivity index (χ0v) is 13.3. The summed E-state index contributed by atoms with van der Waals surface area (Å²) in [4.78, 5) is 33.3. The van der Waals surface area contributed by atoms with E-state index in [1.165, 1.54) is 0 Å². The van der Waals surface area contributed by atoms with Crippen LogP contribution in [0.3, 0.4) is 0 Å². The normalized spacial score (nSPS) is 35.2. The van der Waals surface area contributed by atoms with E-state index < -0.39 is 26.9 Å². The second kappa shape index (κ2) is 6.29. The van der Waals surface area contributed by atoms with Crippen LogP contribution in [0.5, 0.6) is 0 Å².